The fourth-order valence-electron chi connectivity index (χ4n) is 2.08. The lowest BCUT2D eigenvalue weighted by molar-refractivity contribution is 0.638. The summed E-state index contributed by atoms with van der Waals surface area (Å²) in [6.45, 7) is 14.7. The molecule has 0 aliphatic carbocycles. The molecule has 0 aromatic heterocycles. The Kier molecular flexibility index (Phi) is 4.72. The van der Waals surface area contributed by atoms with Crippen molar-refractivity contribution < 1.29 is 0 Å². The molecule has 0 heteroatoms. The Hall–Kier alpha value is -1.56. The summed E-state index contributed by atoms with van der Waals surface area (Å²) in [4.78, 5) is 0. The lowest BCUT2D eigenvalue weighted by Gasteiger charge is -2.28. The van der Waals surface area contributed by atoms with E-state index in [0.29, 0.717) is 0 Å². The lowest BCUT2D eigenvalue weighted by atomic mass is 9.76. The van der Waals surface area contributed by atoms with Crippen molar-refractivity contribution in [3.05, 3.63) is 71.3 Å². The van der Waals surface area contributed by atoms with Crippen LogP contribution < -0.4 is 0 Å². The second-order valence-corrected chi connectivity index (χ2v) is 5.28. The zero-order valence-electron chi connectivity index (χ0n) is 12.2. The predicted octanol–water partition coefficient (Wildman–Crippen LogP) is 5.27. The Morgan fingerprint density at radius 1 is 1.17 bits per heavy atom. The normalized spacial score (nSPS) is 13.1. The molecule has 18 heavy (non-hydrogen) atoms. The van der Waals surface area contributed by atoms with E-state index in [2.05, 4.69) is 70.7 Å². The van der Waals surface area contributed by atoms with Gasteiger partial charge in [0.1, 0.15) is 0 Å². The van der Waals surface area contributed by atoms with Crippen LogP contribution in [0.3, 0.4) is 0 Å². The van der Waals surface area contributed by atoms with Gasteiger partial charge in [0, 0.05) is 5.41 Å². The van der Waals surface area contributed by atoms with E-state index < -0.39 is 0 Å². The van der Waals surface area contributed by atoms with Crippen molar-refractivity contribution in [2.75, 3.05) is 0 Å². The number of benzene rings is 1. The number of hydrogen-bond acceptors (Lipinski definition) is 0. The van der Waals surface area contributed by atoms with E-state index in [1.54, 1.807) is 0 Å². The Bertz CT molecular complexity index is 485. The molecule has 0 amide bonds. The van der Waals surface area contributed by atoms with Crippen molar-refractivity contribution in [3.63, 3.8) is 0 Å². The van der Waals surface area contributed by atoms with Gasteiger partial charge in [-0.15, -0.1) is 0 Å². The number of allylic oxidation sites excluding steroid dienone is 5. The van der Waals surface area contributed by atoms with E-state index in [4.69, 9.17) is 0 Å². The van der Waals surface area contributed by atoms with Gasteiger partial charge in [0.25, 0.3) is 0 Å². The third-order valence-corrected chi connectivity index (χ3v) is 3.59. The first-order valence-corrected chi connectivity index (χ1v) is 6.47. The molecular weight excluding hydrogens is 216 g/mol. The number of hydrogen-bond donors (Lipinski definition) is 0. The predicted molar refractivity (Wildman–Crippen MR) is 82.0 cm³/mol. The maximum absolute atomic E-state index is 3.81. The lowest BCUT2D eigenvalue weighted by Crippen LogP contribution is -2.19. The summed E-state index contributed by atoms with van der Waals surface area (Å²) in [6, 6.07) is 6.71. The van der Waals surface area contributed by atoms with Gasteiger partial charge in [-0.3, -0.25) is 0 Å². The van der Waals surface area contributed by atoms with Gasteiger partial charge in [0.15, 0.2) is 0 Å². The maximum Gasteiger partial charge on any atom is 0.0146 e. The summed E-state index contributed by atoms with van der Waals surface area (Å²) in [5.41, 5.74) is 5.31. The smallest absolute Gasteiger partial charge is 0.0146 e. The summed E-state index contributed by atoms with van der Waals surface area (Å²) in [5, 5.41) is 0. The van der Waals surface area contributed by atoms with Crippen LogP contribution in [0.25, 0.3) is 0 Å². The van der Waals surface area contributed by atoms with Crippen molar-refractivity contribution >= 4 is 0 Å². The van der Waals surface area contributed by atoms with Crippen molar-refractivity contribution in [3.8, 4) is 0 Å². The molecule has 0 atom stereocenters. The van der Waals surface area contributed by atoms with E-state index >= 15 is 0 Å². The quantitative estimate of drug-likeness (QED) is 0.629. The molecule has 0 saturated carbocycles. The van der Waals surface area contributed by atoms with Crippen LogP contribution in [0.2, 0.25) is 0 Å². The van der Waals surface area contributed by atoms with Gasteiger partial charge in [0.05, 0.1) is 0 Å². The second kappa shape index (κ2) is 5.86. The van der Waals surface area contributed by atoms with Crippen LogP contribution in [0.4, 0.5) is 0 Å². The van der Waals surface area contributed by atoms with Crippen molar-refractivity contribution in [1.29, 1.82) is 0 Å². The largest absolute Gasteiger partial charge is 0.0991 e. The molecule has 0 nitrogen and oxygen atoms in total. The maximum atomic E-state index is 3.81. The van der Waals surface area contributed by atoms with Crippen LogP contribution in [0, 0.1) is 13.8 Å². The fraction of sp³-hybridized carbons (Fsp3) is 0.333. The number of rotatable bonds is 4. The minimum atomic E-state index is -0.000833. The minimum Gasteiger partial charge on any atom is -0.0991 e. The highest BCUT2D eigenvalue weighted by Gasteiger charge is 2.23. The van der Waals surface area contributed by atoms with Crippen LogP contribution in [-0.4, -0.2) is 0 Å². The highest BCUT2D eigenvalue weighted by atomic mass is 14.3. The second-order valence-electron chi connectivity index (χ2n) is 5.28. The zero-order chi connectivity index (χ0) is 13.8. The van der Waals surface area contributed by atoms with E-state index in [9.17, 15) is 0 Å². The van der Waals surface area contributed by atoms with E-state index in [0.717, 1.165) is 0 Å². The van der Waals surface area contributed by atoms with Gasteiger partial charge < -0.3 is 0 Å². The first-order chi connectivity index (χ1) is 8.43. The van der Waals surface area contributed by atoms with Gasteiger partial charge in [-0.05, 0) is 43.0 Å². The van der Waals surface area contributed by atoms with Crippen LogP contribution in [0.5, 0.6) is 0 Å². The molecule has 0 N–H and O–H groups in total. The molecule has 0 aliphatic heterocycles. The van der Waals surface area contributed by atoms with Gasteiger partial charge in [-0.1, -0.05) is 62.9 Å². The Morgan fingerprint density at radius 3 is 2.33 bits per heavy atom. The summed E-state index contributed by atoms with van der Waals surface area (Å²) in [7, 11) is 0. The molecule has 0 aliphatic rings. The van der Waals surface area contributed by atoms with Gasteiger partial charge in [0.2, 0.25) is 0 Å². The molecule has 0 radical (unpaired) electrons. The Balaban J connectivity index is 3.29. The SMILES string of the molecule is C=C/C=C(\C=C/C)C(C)(C)c1ccc(C)c(C)c1. The van der Waals surface area contributed by atoms with Crippen LogP contribution in [-0.2, 0) is 5.41 Å². The minimum absolute atomic E-state index is 0.000833. The van der Waals surface area contributed by atoms with Crippen molar-refractivity contribution in [1.82, 2.24) is 0 Å². The van der Waals surface area contributed by atoms with Crippen LogP contribution in [0.15, 0.2) is 54.7 Å². The van der Waals surface area contributed by atoms with Crippen LogP contribution in [0.1, 0.15) is 37.5 Å². The summed E-state index contributed by atoms with van der Waals surface area (Å²) in [5.74, 6) is 0. The van der Waals surface area contributed by atoms with Gasteiger partial charge in [-0.2, -0.15) is 0 Å². The molecule has 1 aromatic carbocycles. The Labute approximate surface area is 112 Å². The highest BCUT2D eigenvalue weighted by molar-refractivity contribution is 5.44. The van der Waals surface area contributed by atoms with Crippen molar-refractivity contribution in [2.45, 2.75) is 40.0 Å². The summed E-state index contributed by atoms with van der Waals surface area (Å²) in [6.07, 6.45) is 8.20. The molecule has 0 fully saturated rings. The molecule has 0 saturated heterocycles. The molecule has 96 valence electrons. The molecule has 0 spiro atoms. The average Bonchev–Trinajstić information content (AvgIpc) is 2.32. The fourth-order valence-corrected chi connectivity index (χ4v) is 2.08. The Morgan fingerprint density at radius 2 is 1.83 bits per heavy atom. The third kappa shape index (κ3) is 3.01. The molecule has 0 bridgehead atoms. The average molecular weight is 240 g/mol. The molecule has 0 heterocycles. The van der Waals surface area contributed by atoms with E-state index in [1.807, 2.05) is 13.0 Å². The summed E-state index contributed by atoms with van der Waals surface area (Å²) < 4.78 is 0. The van der Waals surface area contributed by atoms with E-state index in [1.165, 1.54) is 22.3 Å². The molecule has 1 aromatic rings. The molecule has 1 rings (SSSR count). The zero-order valence-corrected chi connectivity index (χ0v) is 12.2. The third-order valence-electron chi connectivity index (χ3n) is 3.59. The molecule has 0 unspecified atom stereocenters. The first-order valence-electron chi connectivity index (χ1n) is 6.47. The van der Waals surface area contributed by atoms with E-state index in [-0.39, 0.29) is 5.41 Å². The monoisotopic (exact) mass is 240 g/mol. The standard InChI is InChI=1S/C18H24/c1-7-9-16(10-8-2)18(5,6)17-12-11-14(3)15(4)13-17/h7-13H,1H2,2-6H3/b10-8-,16-9+. The van der Waals surface area contributed by atoms with Gasteiger partial charge in [-0.25, -0.2) is 0 Å². The summed E-state index contributed by atoms with van der Waals surface area (Å²) >= 11 is 0. The first kappa shape index (κ1) is 14.5. The van der Waals surface area contributed by atoms with Crippen molar-refractivity contribution in [2.24, 2.45) is 0 Å². The highest BCUT2D eigenvalue weighted by Crippen LogP contribution is 2.33. The molecular formula is C18H24. The topological polar surface area (TPSA) is 0 Å². The number of aryl methyl sites for hydroxylation is 2. The van der Waals surface area contributed by atoms with Gasteiger partial charge >= 0.3 is 0 Å². The van der Waals surface area contributed by atoms with Crippen LogP contribution >= 0.6 is 0 Å².